The van der Waals surface area contributed by atoms with Gasteiger partial charge in [0.15, 0.2) is 0 Å². The van der Waals surface area contributed by atoms with Gasteiger partial charge in [0.2, 0.25) is 0 Å². The van der Waals surface area contributed by atoms with Crippen LogP contribution in [0.1, 0.15) is 13.8 Å². The first kappa shape index (κ1) is 14.4. The molecule has 100 valence electrons. The summed E-state index contributed by atoms with van der Waals surface area (Å²) in [6, 6.07) is 5.93. The minimum Gasteiger partial charge on any atom is -0.492 e. The Hall–Kier alpha value is -1.66. The Bertz CT molecular complexity index is 384. The molecule has 2 N–H and O–H groups in total. The number of nitro groups is 1. The lowest BCUT2D eigenvalue weighted by Gasteiger charge is -2.17. The fourth-order valence-corrected chi connectivity index (χ4v) is 1.30. The largest absolute Gasteiger partial charge is 0.492 e. The van der Waals surface area contributed by atoms with E-state index in [1.54, 1.807) is 26.0 Å². The monoisotopic (exact) mass is 254 g/mol. The molecule has 0 aliphatic carbocycles. The molecule has 0 aliphatic rings. The fraction of sp³-hybridized carbons (Fsp3) is 0.500. The Labute approximate surface area is 106 Å². The molecule has 0 fully saturated rings. The van der Waals surface area contributed by atoms with Crippen molar-refractivity contribution in [2.24, 2.45) is 0 Å². The predicted octanol–water partition coefficient (Wildman–Crippen LogP) is 1.33. The van der Waals surface area contributed by atoms with Crippen molar-refractivity contribution in [1.82, 2.24) is 5.32 Å². The van der Waals surface area contributed by atoms with Gasteiger partial charge in [-0.25, -0.2) is 0 Å². The van der Waals surface area contributed by atoms with Gasteiger partial charge >= 0.3 is 0 Å². The Morgan fingerprint density at radius 1 is 1.39 bits per heavy atom. The summed E-state index contributed by atoms with van der Waals surface area (Å²) in [5.41, 5.74) is -0.699. The summed E-state index contributed by atoms with van der Waals surface area (Å²) in [5, 5.41) is 22.9. The van der Waals surface area contributed by atoms with Gasteiger partial charge in [0.1, 0.15) is 12.4 Å². The van der Waals surface area contributed by atoms with Crippen LogP contribution in [-0.2, 0) is 0 Å². The van der Waals surface area contributed by atoms with Gasteiger partial charge in [0.05, 0.1) is 10.5 Å². The van der Waals surface area contributed by atoms with Crippen LogP contribution < -0.4 is 10.1 Å². The Morgan fingerprint density at radius 2 is 2.00 bits per heavy atom. The minimum absolute atomic E-state index is 0.0440. The highest BCUT2D eigenvalue weighted by molar-refractivity contribution is 5.35. The second kappa shape index (κ2) is 6.32. The summed E-state index contributed by atoms with van der Waals surface area (Å²) in [4.78, 5) is 9.99. The quantitative estimate of drug-likeness (QED) is 0.435. The second-order valence-electron chi connectivity index (χ2n) is 4.59. The van der Waals surface area contributed by atoms with Crippen molar-refractivity contribution in [3.05, 3.63) is 34.4 Å². The second-order valence-corrected chi connectivity index (χ2v) is 4.59. The molecule has 0 unspecified atom stereocenters. The van der Waals surface area contributed by atoms with Crippen LogP contribution in [0.2, 0.25) is 0 Å². The smallest absolute Gasteiger partial charge is 0.269 e. The molecule has 0 atom stereocenters. The number of nitro benzene ring substituents is 1. The molecule has 1 aromatic rings. The molecule has 0 saturated heterocycles. The van der Waals surface area contributed by atoms with Gasteiger partial charge in [0.25, 0.3) is 5.69 Å². The third-order valence-electron chi connectivity index (χ3n) is 2.15. The molecule has 0 amide bonds. The molecular formula is C12H18N2O4. The lowest BCUT2D eigenvalue weighted by atomic mass is 10.1. The SMILES string of the molecule is CC(C)(O)CNCCOc1ccc([N+](=O)[O-])cc1. The zero-order valence-electron chi connectivity index (χ0n) is 10.5. The van der Waals surface area contributed by atoms with E-state index in [2.05, 4.69) is 5.32 Å². The maximum atomic E-state index is 10.4. The number of nitrogens with zero attached hydrogens (tertiary/aromatic N) is 1. The molecular weight excluding hydrogens is 236 g/mol. The highest BCUT2D eigenvalue weighted by Crippen LogP contribution is 2.16. The lowest BCUT2D eigenvalue weighted by molar-refractivity contribution is -0.384. The fourth-order valence-electron chi connectivity index (χ4n) is 1.30. The van der Waals surface area contributed by atoms with Crippen molar-refractivity contribution in [1.29, 1.82) is 0 Å². The standard InChI is InChI=1S/C12H18N2O4/c1-12(2,15)9-13-7-8-18-11-5-3-10(4-6-11)14(16)17/h3-6,13,15H,7-9H2,1-2H3. The molecule has 1 rings (SSSR count). The number of hydrogen-bond donors (Lipinski definition) is 2. The zero-order valence-corrected chi connectivity index (χ0v) is 10.5. The van der Waals surface area contributed by atoms with E-state index in [-0.39, 0.29) is 5.69 Å². The number of nitrogens with one attached hydrogen (secondary N) is 1. The van der Waals surface area contributed by atoms with Crippen molar-refractivity contribution in [3.63, 3.8) is 0 Å². The van der Waals surface area contributed by atoms with Crippen LogP contribution in [0.15, 0.2) is 24.3 Å². The first-order chi connectivity index (χ1) is 8.38. The maximum Gasteiger partial charge on any atom is 0.269 e. The molecule has 18 heavy (non-hydrogen) atoms. The van der Waals surface area contributed by atoms with Crippen molar-refractivity contribution >= 4 is 5.69 Å². The molecule has 0 spiro atoms. The van der Waals surface area contributed by atoms with E-state index in [0.29, 0.717) is 25.4 Å². The molecule has 6 heteroatoms. The molecule has 0 bridgehead atoms. The van der Waals surface area contributed by atoms with Crippen molar-refractivity contribution in [3.8, 4) is 5.75 Å². The van der Waals surface area contributed by atoms with Crippen LogP contribution in [-0.4, -0.2) is 35.3 Å². The van der Waals surface area contributed by atoms with Crippen LogP contribution >= 0.6 is 0 Å². The summed E-state index contributed by atoms with van der Waals surface area (Å²) in [6.07, 6.45) is 0. The Kier molecular flexibility index (Phi) is 5.06. The number of hydrogen-bond acceptors (Lipinski definition) is 5. The third kappa shape index (κ3) is 5.60. The number of ether oxygens (including phenoxy) is 1. The van der Waals surface area contributed by atoms with Gasteiger partial charge in [0, 0.05) is 25.2 Å². The summed E-state index contributed by atoms with van der Waals surface area (Å²) < 4.78 is 5.39. The molecule has 0 saturated carbocycles. The molecule has 6 nitrogen and oxygen atoms in total. The number of benzene rings is 1. The number of non-ortho nitro benzene ring substituents is 1. The molecule has 0 radical (unpaired) electrons. The molecule has 0 aliphatic heterocycles. The van der Waals surface area contributed by atoms with Crippen molar-refractivity contribution in [2.45, 2.75) is 19.4 Å². The normalized spacial score (nSPS) is 11.3. The van der Waals surface area contributed by atoms with Gasteiger partial charge in [-0.15, -0.1) is 0 Å². The predicted molar refractivity (Wildman–Crippen MR) is 67.8 cm³/mol. The van der Waals surface area contributed by atoms with E-state index in [1.807, 2.05) is 0 Å². The number of aliphatic hydroxyl groups is 1. The Morgan fingerprint density at radius 3 is 2.50 bits per heavy atom. The van der Waals surface area contributed by atoms with Gasteiger partial charge < -0.3 is 15.2 Å². The average molecular weight is 254 g/mol. The summed E-state index contributed by atoms with van der Waals surface area (Å²) in [6.45, 7) is 4.96. The Balaban J connectivity index is 2.25. The van der Waals surface area contributed by atoms with E-state index in [0.717, 1.165) is 0 Å². The van der Waals surface area contributed by atoms with Gasteiger partial charge in [-0.3, -0.25) is 10.1 Å². The highest BCUT2D eigenvalue weighted by atomic mass is 16.6. The van der Waals surface area contributed by atoms with E-state index in [4.69, 9.17) is 4.74 Å². The van der Waals surface area contributed by atoms with E-state index in [1.165, 1.54) is 12.1 Å². The van der Waals surface area contributed by atoms with Crippen molar-refractivity contribution < 1.29 is 14.8 Å². The van der Waals surface area contributed by atoms with Crippen LogP contribution in [0.25, 0.3) is 0 Å². The summed E-state index contributed by atoms with van der Waals surface area (Å²) in [7, 11) is 0. The lowest BCUT2D eigenvalue weighted by Crippen LogP contribution is -2.36. The first-order valence-corrected chi connectivity index (χ1v) is 5.69. The first-order valence-electron chi connectivity index (χ1n) is 5.69. The van der Waals surface area contributed by atoms with Crippen LogP contribution in [0.4, 0.5) is 5.69 Å². The molecule has 0 aromatic heterocycles. The maximum absolute atomic E-state index is 10.4. The van der Waals surface area contributed by atoms with Crippen LogP contribution in [0, 0.1) is 10.1 Å². The van der Waals surface area contributed by atoms with E-state index in [9.17, 15) is 15.2 Å². The zero-order chi connectivity index (χ0) is 13.6. The van der Waals surface area contributed by atoms with Crippen molar-refractivity contribution in [2.75, 3.05) is 19.7 Å². The highest BCUT2D eigenvalue weighted by Gasteiger charge is 2.10. The van der Waals surface area contributed by atoms with Gasteiger partial charge in [-0.05, 0) is 26.0 Å². The molecule has 0 heterocycles. The van der Waals surface area contributed by atoms with Crippen LogP contribution in [0.3, 0.4) is 0 Å². The minimum atomic E-state index is -0.743. The summed E-state index contributed by atoms with van der Waals surface area (Å²) >= 11 is 0. The van der Waals surface area contributed by atoms with E-state index >= 15 is 0 Å². The average Bonchev–Trinajstić information content (AvgIpc) is 2.27. The summed E-state index contributed by atoms with van der Waals surface area (Å²) in [5.74, 6) is 0.589. The van der Waals surface area contributed by atoms with E-state index < -0.39 is 10.5 Å². The molecule has 1 aromatic carbocycles. The topological polar surface area (TPSA) is 84.6 Å². The third-order valence-corrected chi connectivity index (χ3v) is 2.15. The van der Waals surface area contributed by atoms with Gasteiger partial charge in [-0.1, -0.05) is 0 Å². The number of rotatable bonds is 7. The van der Waals surface area contributed by atoms with Crippen LogP contribution in [0.5, 0.6) is 5.75 Å². The van der Waals surface area contributed by atoms with Gasteiger partial charge in [-0.2, -0.15) is 0 Å².